The Labute approximate surface area is 165 Å². The molecular weight excluding hydrogens is 380 g/mol. The molecule has 0 bridgehead atoms. The van der Waals surface area contributed by atoms with Gasteiger partial charge in [0.1, 0.15) is 11.8 Å². The van der Waals surface area contributed by atoms with E-state index in [9.17, 15) is 5.11 Å². The van der Waals surface area contributed by atoms with E-state index in [-0.39, 0.29) is 25.0 Å². The van der Waals surface area contributed by atoms with E-state index in [1.807, 2.05) is 28.8 Å². The lowest BCUT2D eigenvalue weighted by Gasteiger charge is -2.08. The molecule has 142 valence electrons. The van der Waals surface area contributed by atoms with Crippen molar-refractivity contribution in [1.29, 1.82) is 0 Å². The summed E-state index contributed by atoms with van der Waals surface area (Å²) in [5.74, 6) is 0.246. The minimum absolute atomic E-state index is 0.00928. The molecule has 0 aliphatic rings. The van der Waals surface area contributed by atoms with Crippen molar-refractivity contribution < 1.29 is 9.84 Å². The number of ether oxygens (including phenoxy) is 1. The Bertz CT molecular complexity index is 1130. The highest BCUT2D eigenvalue weighted by Crippen LogP contribution is 2.21. The molecule has 0 spiro atoms. The third-order valence-electron chi connectivity index (χ3n) is 4.16. The summed E-state index contributed by atoms with van der Waals surface area (Å²) in [6, 6.07) is 11.3. The number of hydrogen-bond acceptors (Lipinski definition) is 7. The molecule has 0 fully saturated rings. The lowest BCUT2D eigenvalue weighted by molar-refractivity contribution is 0.281. The Morgan fingerprint density at radius 1 is 1.07 bits per heavy atom. The van der Waals surface area contributed by atoms with Crippen LogP contribution < -0.4 is 10.5 Å². The van der Waals surface area contributed by atoms with Crippen molar-refractivity contribution in [2.24, 2.45) is 0 Å². The number of hydrogen-bond donors (Lipinski definition) is 2. The van der Waals surface area contributed by atoms with Gasteiger partial charge in [-0.15, -0.1) is 0 Å². The summed E-state index contributed by atoms with van der Waals surface area (Å²) in [5.41, 5.74) is 9.82. The molecule has 4 aromatic rings. The predicted octanol–water partition coefficient (Wildman–Crippen LogP) is 2.58. The largest absolute Gasteiger partial charge is 0.458 e. The first-order valence-corrected chi connectivity index (χ1v) is 8.90. The summed E-state index contributed by atoms with van der Waals surface area (Å²) < 4.78 is 7.55. The zero-order valence-corrected chi connectivity index (χ0v) is 15.5. The van der Waals surface area contributed by atoms with Crippen molar-refractivity contribution in [3.05, 3.63) is 70.8 Å². The van der Waals surface area contributed by atoms with E-state index in [1.54, 1.807) is 24.7 Å². The first-order valence-electron chi connectivity index (χ1n) is 8.52. The molecule has 1 aromatic carbocycles. The van der Waals surface area contributed by atoms with E-state index >= 15 is 0 Å². The zero-order chi connectivity index (χ0) is 19.5. The van der Waals surface area contributed by atoms with Gasteiger partial charge in [-0.05, 0) is 28.8 Å². The number of benzene rings is 1. The van der Waals surface area contributed by atoms with E-state index in [2.05, 4.69) is 19.9 Å². The number of aliphatic hydroxyl groups excluding tert-OH is 1. The minimum Gasteiger partial charge on any atom is -0.458 e. The molecule has 3 aromatic heterocycles. The van der Waals surface area contributed by atoms with Crippen molar-refractivity contribution in [2.45, 2.75) is 19.8 Å². The molecule has 0 saturated heterocycles. The van der Waals surface area contributed by atoms with Crippen molar-refractivity contribution in [2.75, 3.05) is 5.73 Å². The predicted molar refractivity (Wildman–Crippen MR) is 105 cm³/mol. The fraction of sp³-hybridized carbons (Fsp3) is 0.158. The lowest BCUT2D eigenvalue weighted by atomic mass is 10.1. The Hall–Kier alpha value is -3.23. The number of nitrogens with zero attached hydrogens (tertiary/aromatic N) is 5. The van der Waals surface area contributed by atoms with Gasteiger partial charge in [-0.25, -0.2) is 9.97 Å². The topological polar surface area (TPSA) is 112 Å². The molecule has 3 heterocycles. The van der Waals surface area contributed by atoms with Crippen LogP contribution in [0.1, 0.15) is 16.7 Å². The highest BCUT2D eigenvalue weighted by atomic mass is 35.5. The van der Waals surface area contributed by atoms with E-state index in [0.29, 0.717) is 22.9 Å². The van der Waals surface area contributed by atoms with Crippen molar-refractivity contribution in [1.82, 2.24) is 24.5 Å². The Kier molecular flexibility index (Phi) is 5.05. The van der Waals surface area contributed by atoms with Crippen molar-refractivity contribution >= 4 is 28.6 Å². The smallest absolute Gasteiger partial charge is 0.320 e. The lowest BCUT2D eigenvalue weighted by Crippen LogP contribution is -2.05. The van der Waals surface area contributed by atoms with Crippen LogP contribution >= 0.6 is 11.6 Å². The van der Waals surface area contributed by atoms with Crippen LogP contribution in [0.2, 0.25) is 5.15 Å². The molecule has 0 aliphatic carbocycles. The number of nitrogens with two attached hydrogens (primary N) is 1. The maximum absolute atomic E-state index is 9.32. The first-order chi connectivity index (χ1) is 13.6. The molecule has 0 atom stereocenters. The van der Waals surface area contributed by atoms with Gasteiger partial charge in [0.2, 0.25) is 0 Å². The highest BCUT2D eigenvalue weighted by molar-refractivity contribution is 6.29. The van der Waals surface area contributed by atoms with Crippen LogP contribution in [0.15, 0.2) is 48.9 Å². The molecule has 0 amide bonds. The van der Waals surface area contributed by atoms with Gasteiger partial charge in [-0.1, -0.05) is 35.9 Å². The molecular formula is C19H17ClN6O2. The number of imidazole rings is 1. The Balaban J connectivity index is 1.60. The number of fused-ring (bicyclic) bond motifs is 1. The monoisotopic (exact) mass is 396 g/mol. The van der Waals surface area contributed by atoms with E-state index in [0.717, 1.165) is 16.7 Å². The summed E-state index contributed by atoms with van der Waals surface area (Å²) in [4.78, 5) is 16.9. The standard InChI is InChI=1S/C19H17ClN6O2/c20-15-7-14(4-5-22-15)10-28-19-24-17(21)16-18(25-19)26(11-23-16)8-12-2-1-3-13(6-12)9-27/h1-7,11,27H,8-10H2,(H2,21,24,25). The first kappa shape index (κ1) is 18.1. The van der Waals surface area contributed by atoms with Gasteiger partial charge < -0.3 is 20.1 Å². The number of anilines is 1. The third-order valence-corrected chi connectivity index (χ3v) is 4.36. The van der Waals surface area contributed by atoms with Gasteiger partial charge >= 0.3 is 6.01 Å². The fourth-order valence-electron chi connectivity index (χ4n) is 2.83. The third kappa shape index (κ3) is 3.88. The summed E-state index contributed by atoms with van der Waals surface area (Å²) in [6.45, 7) is 0.755. The Morgan fingerprint density at radius 2 is 1.93 bits per heavy atom. The Morgan fingerprint density at radius 3 is 2.75 bits per heavy atom. The average molecular weight is 397 g/mol. The molecule has 4 rings (SSSR count). The zero-order valence-electron chi connectivity index (χ0n) is 14.8. The maximum Gasteiger partial charge on any atom is 0.320 e. The highest BCUT2D eigenvalue weighted by Gasteiger charge is 2.13. The van der Waals surface area contributed by atoms with Crippen LogP contribution in [-0.4, -0.2) is 29.6 Å². The normalized spacial score (nSPS) is 11.1. The fourth-order valence-corrected chi connectivity index (χ4v) is 3.03. The molecule has 8 nitrogen and oxygen atoms in total. The van der Waals surface area contributed by atoms with Crippen LogP contribution in [0.4, 0.5) is 5.82 Å². The van der Waals surface area contributed by atoms with Gasteiger partial charge in [0.15, 0.2) is 17.0 Å². The van der Waals surface area contributed by atoms with Gasteiger partial charge in [-0.3, -0.25) is 0 Å². The molecule has 0 unspecified atom stereocenters. The molecule has 0 aliphatic heterocycles. The second-order valence-electron chi connectivity index (χ2n) is 6.19. The minimum atomic E-state index is -0.00928. The summed E-state index contributed by atoms with van der Waals surface area (Å²) in [7, 11) is 0. The number of rotatable bonds is 6. The van der Waals surface area contributed by atoms with Crippen LogP contribution in [0.3, 0.4) is 0 Å². The van der Waals surface area contributed by atoms with E-state index < -0.39 is 0 Å². The maximum atomic E-state index is 9.32. The number of aliphatic hydroxyl groups is 1. The van der Waals surface area contributed by atoms with Crippen LogP contribution in [0.25, 0.3) is 11.2 Å². The molecule has 0 radical (unpaired) electrons. The SMILES string of the molecule is Nc1nc(OCc2ccnc(Cl)c2)nc2c1ncn2Cc1cccc(CO)c1. The van der Waals surface area contributed by atoms with E-state index in [1.165, 1.54) is 0 Å². The van der Waals surface area contributed by atoms with Crippen LogP contribution in [0, 0.1) is 0 Å². The number of nitrogen functional groups attached to an aromatic ring is 1. The number of pyridine rings is 1. The van der Waals surface area contributed by atoms with E-state index in [4.69, 9.17) is 22.1 Å². The molecule has 28 heavy (non-hydrogen) atoms. The number of aromatic nitrogens is 5. The summed E-state index contributed by atoms with van der Waals surface area (Å²) in [5, 5.41) is 9.71. The summed E-state index contributed by atoms with van der Waals surface area (Å²) >= 11 is 5.89. The molecule has 9 heteroatoms. The molecule has 0 saturated carbocycles. The van der Waals surface area contributed by atoms with Gasteiger partial charge in [-0.2, -0.15) is 9.97 Å². The quantitative estimate of drug-likeness (QED) is 0.481. The average Bonchev–Trinajstić information content (AvgIpc) is 3.10. The van der Waals surface area contributed by atoms with Crippen LogP contribution in [0.5, 0.6) is 6.01 Å². The van der Waals surface area contributed by atoms with Gasteiger partial charge in [0.05, 0.1) is 19.5 Å². The number of halogens is 1. The summed E-state index contributed by atoms with van der Waals surface area (Å²) in [6.07, 6.45) is 3.27. The van der Waals surface area contributed by atoms with Crippen LogP contribution in [-0.2, 0) is 19.8 Å². The van der Waals surface area contributed by atoms with Crippen molar-refractivity contribution in [3.8, 4) is 6.01 Å². The van der Waals surface area contributed by atoms with Crippen molar-refractivity contribution in [3.63, 3.8) is 0 Å². The second-order valence-corrected chi connectivity index (χ2v) is 6.58. The van der Waals surface area contributed by atoms with Gasteiger partial charge in [0, 0.05) is 6.20 Å². The van der Waals surface area contributed by atoms with Gasteiger partial charge in [0.25, 0.3) is 0 Å². The molecule has 3 N–H and O–H groups in total. The second kappa shape index (κ2) is 7.79.